The molecule has 0 radical (unpaired) electrons. The van der Waals surface area contributed by atoms with Gasteiger partial charge in [0.05, 0.1) is 38.6 Å². The Hall–Kier alpha value is -1.59. The molecule has 0 saturated carbocycles. The number of methoxy groups -OCH3 is 1. The zero-order valence-corrected chi connectivity index (χ0v) is 9.73. The predicted octanol–water partition coefficient (Wildman–Crippen LogP) is 0.622. The molecule has 1 fully saturated rings. The molecule has 1 heterocycles. The van der Waals surface area contributed by atoms with Gasteiger partial charge >= 0.3 is 0 Å². The molecule has 1 saturated heterocycles. The minimum absolute atomic E-state index is 0.0820. The number of hydrogen-bond acceptors (Lipinski definition) is 4. The van der Waals surface area contributed by atoms with Gasteiger partial charge in [-0.1, -0.05) is 12.1 Å². The maximum absolute atomic E-state index is 11.7. The van der Waals surface area contributed by atoms with Gasteiger partial charge in [-0.3, -0.25) is 4.79 Å². The Bertz CT molecular complexity index is 391. The van der Waals surface area contributed by atoms with Crippen molar-refractivity contribution < 1.29 is 14.3 Å². The average Bonchev–Trinajstić information content (AvgIpc) is 2.27. The lowest BCUT2D eigenvalue weighted by Gasteiger charge is -2.26. The van der Waals surface area contributed by atoms with E-state index in [1.54, 1.807) is 7.11 Å². The molecule has 1 aliphatic rings. The maximum Gasteiger partial charge on any atom is 0.238 e. The fraction of sp³-hybridized carbons (Fsp3) is 0.417. The van der Waals surface area contributed by atoms with Gasteiger partial charge in [-0.05, 0) is 12.1 Å². The number of amides is 1. The van der Waals surface area contributed by atoms with Gasteiger partial charge in [0.2, 0.25) is 5.91 Å². The molecule has 17 heavy (non-hydrogen) atoms. The van der Waals surface area contributed by atoms with Gasteiger partial charge in [0.25, 0.3) is 0 Å². The summed E-state index contributed by atoms with van der Waals surface area (Å²) in [7, 11) is 1.58. The molecule has 0 aromatic heterocycles. The second-order valence-electron chi connectivity index (χ2n) is 3.86. The number of ether oxygens (including phenoxy) is 2. The number of carbonyl (C=O) groups is 1. The van der Waals surface area contributed by atoms with Crippen LogP contribution in [0.3, 0.4) is 0 Å². The molecule has 0 bridgehead atoms. The number of para-hydroxylation sites is 2. The summed E-state index contributed by atoms with van der Waals surface area (Å²) in [5, 5.41) is 5.90. The summed E-state index contributed by atoms with van der Waals surface area (Å²) in [5.41, 5.74) is 0.687. The van der Waals surface area contributed by atoms with Crippen LogP contribution < -0.4 is 15.4 Å². The molecule has 5 heteroatoms. The summed E-state index contributed by atoms with van der Waals surface area (Å²) in [6.07, 6.45) is 0. The van der Waals surface area contributed by atoms with Crippen LogP contribution in [0.1, 0.15) is 0 Å². The Morgan fingerprint density at radius 3 is 2.88 bits per heavy atom. The van der Waals surface area contributed by atoms with E-state index in [1.165, 1.54) is 0 Å². The van der Waals surface area contributed by atoms with Gasteiger partial charge in [-0.25, -0.2) is 0 Å². The molecule has 2 rings (SSSR count). The molecule has 0 aliphatic carbocycles. The third-order valence-electron chi connectivity index (χ3n) is 2.57. The first kappa shape index (κ1) is 11.9. The monoisotopic (exact) mass is 236 g/mol. The van der Waals surface area contributed by atoms with Crippen molar-refractivity contribution in [2.24, 2.45) is 0 Å². The lowest BCUT2D eigenvalue weighted by Crippen LogP contribution is -2.48. The summed E-state index contributed by atoms with van der Waals surface area (Å²) in [6, 6.07) is 7.63. The van der Waals surface area contributed by atoms with E-state index < -0.39 is 0 Å². The topological polar surface area (TPSA) is 59.6 Å². The Morgan fingerprint density at radius 1 is 1.47 bits per heavy atom. The minimum atomic E-state index is -0.0820. The van der Waals surface area contributed by atoms with Crippen LogP contribution in [-0.2, 0) is 9.53 Å². The number of hydrogen-bond donors (Lipinski definition) is 2. The number of nitrogens with one attached hydrogen (secondary N) is 2. The Morgan fingerprint density at radius 2 is 2.24 bits per heavy atom. The van der Waals surface area contributed by atoms with Gasteiger partial charge in [0, 0.05) is 0 Å². The second-order valence-corrected chi connectivity index (χ2v) is 3.86. The molecule has 1 aromatic carbocycles. The number of carbonyl (C=O) groups excluding carboxylic acids is 1. The van der Waals surface area contributed by atoms with Crippen LogP contribution in [0.25, 0.3) is 0 Å². The fourth-order valence-corrected chi connectivity index (χ4v) is 1.53. The number of benzene rings is 1. The van der Waals surface area contributed by atoms with Gasteiger partial charge in [0.15, 0.2) is 0 Å². The van der Waals surface area contributed by atoms with Crippen molar-refractivity contribution in [1.29, 1.82) is 0 Å². The zero-order chi connectivity index (χ0) is 12.1. The van der Waals surface area contributed by atoms with Crippen LogP contribution in [0.5, 0.6) is 5.75 Å². The van der Waals surface area contributed by atoms with Crippen molar-refractivity contribution in [3.63, 3.8) is 0 Å². The van der Waals surface area contributed by atoms with E-state index in [-0.39, 0.29) is 12.5 Å². The van der Waals surface area contributed by atoms with Crippen LogP contribution in [0.15, 0.2) is 24.3 Å². The van der Waals surface area contributed by atoms with Crippen LogP contribution in [0.4, 0.5) is 5.69 Å². The summed E-state index contributed by atoms with van der Waals surface area (Å²) < 4.78 is 10.2. The van der Waals surface area contributed by atoms with Crippen molar-refractivity contribution in [2.75, 3.05) is 32.2 Å². The van der Waals surface area contributed by atoms with E-state index in [0.29, 0.717) is 30.7 Å². The first-order valence-electron chi connectivity index (χ1n) is 5.53. The molecule has 1 aliphatic heterocycles. The largest absolute Gasteiger partial charge is 0.495 e. The van der Waals surface area contributed by atoms with Crippen molar-refractivity contribution in [1.82, 2.24) is 5.32 Å². The molecule has 1 aromatic rings. The number of rotatable bonds is 5. The normalized spacial score (nSPS) is 15.1. The van der Waals surface area contributed by atoms with Gasteiger partial charge < -0.3 is 20.1 Å². The Labute approximate surface area is 100 Å². The van der Waals surface area contributed by atoms with Crippen LogP contribution in [-0.4, -0.2) is 38.8 Å². The Balaban J connectivity index is 1.84. The highest BCUT2D eigenvalue weighted by molar-refractivity contribution is 5.93. The highest BCUT2D eigenvalue weighted by Gasteiger charge is 2.18. The Kier molecular flexibility index (Phi) is 3.95. The van der Waals surface area contributed by atoms with Crippen LogP contribution in [0, 0.1) is 0 Å². The lowest BCUT2D eigenvalue weighted by atomic mass is 10.2. The van der Waals surface area contributed by atoms with Crippen LogP contribution in [0.2, 0.25) is 0 Å². The van der Waals surface area contributed by atoms with E-state index >= 15 is 0 Å². The van der Waals surface area contributed by atoms with Gasteiger partial charge in [-0.2, -0.15) is 0 Å². The van der Waals surface area contributed by atoms with E-state index in [2.05, 4.69) is 10.6 Å². The minimum Gasteiger partial charge on any atom is -0.495 e. The highest BCUT2D eigenvalue weighted by Crippen LogP contribution is 2.22. The average molecular weight is 236 g/mol. The van der Waals surface area contributed by atoms with Crippen molar-refractivity contribution in [2.45, 2.75) is 6.04 Å². The summed E-state index contributed by atoms with van der Waals surface area (Å²) in [4.78, 5) is 11.7. The van der Waals surface area contributed by atoms with Crippen molar-refractivity contribution in [3.05, 3.63) is 24.3 Å². The lowest BCUT2D eigenvalue weighted by molar-refractivity contribution is -0.116. The molecule has 92 valence electrons. The summed E-state index contributed by atoms with van der Waals surface area (Å²) in [6.45, 7) is 1.65. The van der Waals surface area contributed by atoms with Gasteiger partial charge in [-0.15, -0.1) is 0 Å². The molecule has 0 atom stereocenters. The molecule has 0 spiro atoms. The SMILES string of the molecule is COc1ccccc1NC(=O)CNC1COC1. The summed E-state index contributed by atoms with van der Waals surface area (Å²) in [5.74, 6) is 0.578. The van der Waals surface area contributed by atoms with Crippen molar-refractivity contribution in [3.8, 4) is 5.75 Å². The van der Waals surface area contributed by atoms with E-state index in [4.69, 9.17) is 9.47 Å². The molecular weight excluding hydrogens is 220 g/mol. The fourth-order valence-electron chi connectivity index (χ4n) is 1.53. The summed E-state index contributed by atoms with van der Waals surface area (Å²) >= 11 is 0. The van der Waals surface area contributed by atoms with Crippen LogP contribution >= 0.6 is 0 Å². The smallest absolute Gasteiger partial charge is 0.238 e. The zero-order valence-electron chi connectivity index (χ0n) is 9.73. The molecule has 2 N–H and O–H groups in total. The maximum atomic E-state index is 11.7. The third-order valence-corrected chi connectivity index (χ3v) is 2.57. The highest BCUT2D eigenvalue weighted by atomic mass is 16.5. The van der Waals surface area contributed by atoms with Gasteiger partial charge in [0.1, 0.15) is 5.75 Å². The third kappa shape index (κ3) is 3.18. The molecular formula is C12H16N2O3. The number of anilines is 1. The molecule has 0 unspecified atom stereocenters. The second kappa shape index (κ2) is 5.65. The standard InChI is InChI=1S/C12H16N2O3/c1-16-11-5-3-2-4-10(11)14-12(15)6-13-9-7-17-8-9/h2-5,9,13H,6-8H2,1H3,(H,14,15). The molecule has 5 nitrogen and oxygen atoms in total. The predicted molar refractivity (Wildman–Crippen MR) is 64.2 cm³/mol. The van der Waals surface area contributed by atoms with Crippen molar-refractivity contribution >= 4 is 11.6 Å². The molecule has 1 amide bonds. The van der Waals surface area contributed by atoms with E-state index in [1.807, 2.05) is 24.3 Å². The van der Waals surface area contributed by atoms with E-state index in [9.17, 15) is 4.79 Å². The first-order chi connectivity index (χ1) is 8.29. The first-order valence-corrected chi connectivity index (χ1v) is 5.53. The van der Waals surface area contributed by atoms with E-state index in [0.717, 1.165) is 0 Å². The quantitative estimate of drug-likeness (QED) is 0.787.